The molecule has 0 atom stereocenters. The molecule has 0 aliphatic carbocycles. The molecule has 1 aromatic heterocycles. The summed E-state index contributed by atoms with van der Waals surface area (Å²) >= 11 is -1.14. The molecule has 0 N–H and O–H groups in total. The van der Waals surface area contributed by atoms with Crippen LogP contribution in [0.5, 0.6) is 0 Å². The van der Waals surface area contributed by atoms with Gasteiger partial charge >= 0.3 is 38.6 Å². The molecule has 0 spiro atoms. The van der Waals surface area contributed by atoms with Crippen LogP contribution in [0, 0.1) is 13.8 Å². The Kier molecular flexibility index (Phi) is 5.20. The van der Waals surface area contributed by atoms with Crippen molar-refractivity contribution in [3.8, 4) is 0 Å². The van der Waals surface area contributed by atoms with Gasteiger partial charge in [0.25, 0.3) is 0 Å². The third-order valence-electron chi connectivity index (χ3n) is 1.81. The van der Waals surface area contributed by atoms with Gasteiger partial charge in [0.2, 0.25) is 0 Å². The molecule has 1 heterocycles. The summed E-state index contributed by atoms with van der Waals surface area (Å²) in [6.45, 7) is 3.99. The molecule has 2 aromatic rings. The quantitative estimate of drug-likeness (QED) is 0.608. The molecule has 0 fully saturated rings. The monoisotopic (exact) mass is 419 g/mol. The first kappa shape index (κ1) is 12.3. The van der Waals surface area contributed by atoms with Crippen LogP contribution < -0.4 is 0 Å². The van der Waals surface area contributed by atoms with Gasteiger partial charge in [0.15, 0.2) is 0 Å². The number of benzene rings is 1. The normalized spacial score (nSPS) is 9.14. The molecular formula is C9H9Cl2HgNO. The zero-order valence-electron chi connectivity index (χ0n) is 8.05. The minimum atomic E-state index is -1.14. The van der Waals surface area contributed by atoms with Crippen molar-refractivity contribution in [3.05, 3.63) is 29.5 Å². The van der Waals surface area contributed by atoms with E-state index in [1.807, 2.05) is 19.1 Å². The van der Waals surface area contributed by atoms with Crippen LogP contribution in [-0.4, -0.2) is 5.16 Å². The maximum atomic E-state index is 5.02. The number of hydrogen-bond acceptors (Lipinski definition) is 2. The van der Waals surface area contributed by atoms with Gasteiger partial charge in [-0.15, -0.1) is 0 Å². The van der Waals surface area contributed by atoms with E-state index in [0.717, 1.165) is 16.7 Å². The van der Waals surface area contributed by atoms with Gasteiger partial charge in [-0.3, -0.25) is 0 Å². The molecule has 1 aromatic carbocycles. The van der Waals surface area contributed by atoms with Crippen LogP contribution in [-0.2, 0) is 22.1 Å². The van der Waals surface area contributed by atoms with Crippen LogP contribution in [0.1, 0.15) is 11.3 Å². The van der Waals surface area contributed by atoms with Crippen molar-refractivity contribution < 1.29 is 26.6 Å². The molecule has 0 saturated carbocycles. The Morgan fingerprint density at radius 3 is 2.57 bits per heavy atom. The molecule has 0 saturated heterocycles. The SMILES string of the molecule is Cc1ccc2noc(C)c2c1.[Cl][Hg][Cl]. The molecule has 0 unspecified atom stereocenters. The molecule has 0 aliphatic heterocycles. The zero-order chi connectivity index (χ0) is 10.6. The average Bonchev–Trinajstić information content (AvgIpc) is 2.49. The number of fused-ring (bicyclic) bond motifs is 1. The van der Waals surface area contributed by atoms with Crippen LogP contribution in [0.4, 0.5) is 0 Å². The molecular weight excluding hydrogens is 410 g/mol. The van der Waals surface area contributed by atoms with E-state index in [1.54, 1.807) is 0 Å². The van der Waals surface area contributed by atoms with Gasteiger partial charge in [-0.2, -0.15) is 0 Å². The van der Waals surface area contributed by atoms with Crippen LogP contribution >= 0.6 is 16.5 Å². The summed E-state index contributed by atoms with van der Waals surface area (Å²) in [6.07, 6.45) is 0. The van der Waals surface area contributed by atoms with Crippen molar-refractivity contribution in [3.63, 3.8) is 0 Å². The molecule has 0 radical (unpaired) electrons. The standard InChI is InChI=1S/C9H9NO.2ClH.Hg/c1-6-3-4-9-8(5-6)7(2)11-10-9;;;/h3-5H,1-2H3;2*1H;/q;;;+2/p-2. The summed E-state index contributed by atoms with van der Waals surface area (Å²) in [5.74, 6) is 0.892. The van der Waals surface area contributed by atoms with E-state index in [1.165, 1.54) is 5.56 Å². The summed E-state index contributed by atoms with van der Waals surface area (Å²) in [4.78, 5) is 0. The minimum absolute atomic E-state index is 0.892. The molecule has 0 aliphatic rings. The van der Waals surface area contributed by atoms with Crippen molar-refractivity contribution in [1.82, 2.24) is 5.16 Å². The predicted octanol–water partition coefficient (Wildman–Crippen LogP) is 3.82. The molecule has 14 heavy (non-hydrogen) atoms. The van der Waals surface area contributed by atoms with Gasteiger partial charge in [-0.1, -0.05) is 16.8 Å². The average molecular weight is 419 g/mol. The fourth-order valence-corrected chi connectivity index (χ4v) is 1.18. The van der Waals surface area contributed by atoms with E-state index >= 15 is 0 Å². The van der Waals surface area contributed by atoms with Crippen molar-refractivity contribution in [1.29, 1.82) is 0 Å². The first-order valence-electron chi connectivity index (χ1n) is 4.13. The van der Waals surface area contributed by atoms with Gasteiger partial charge in [-0.05, 0) is 26.0 Å². The van der Waals surface area contributed by atoms with Crippen molar-refractivity contribution in [2.45, 2.75) is 13.8 Å². The van der Waals surface area contributed by atoms with Crippen LogP contribution in [0.3, 0.4) is 0 Å². The number of rotatable bonds is 0. The van der Waals surface area contributed by atoms with Crippen molar-refractivity contribution >= 4 is 27.4 Å². The number of aryl methyl sites for hydroxylation is 2. The van der Waals surface area contributed by atoms with Gasteiger partial charge in [0.1, 0.15) is 11.3 Å². The van der Waals surface area contributed by atoms with Crippen molar-refractivity contribution in [2.75, 3.05) is 0 Å². The van der Waals surface area contributed by atoms with E-state index in [0.29, 0.717) is 0 Å². The Morgan fingerprint density at radius 1 is 1.29 bits per heavy atom. The van der Waals surface area contributed by atoms with E-state index < -0.39 is 22.1 Å². The first-order valence-corrected chi connectivity index (χ1v) is 17.7. The van der Waals surface area contributed by atoms with Crippen molar-refractivity contribution in [2.24, 2.45) is 0 Å². The zero-order valence-corrected chi connectivity index (χ0v) is 15.1. The number of aromatic nitrogens is 1. The number of halogens is 2. The molecule has 2 rings (SSSR count). The van der Waals surface area contributed by atoms with Gasteiger partial charge in [-0.25, -0.2) is 0 Å². The van der Waals surface area contributed by atoms with E-state index in [4.69, 9.17) is 21.0 Å². The fraction of sp³-hybridized carbons (Fsp3) is 0.222. The Bertz CT molecular complexity index is 416. The Labute approximate surface area is 102 Å². The van der Waals surface area contributed by atoms with E-state index in [-0.39, 0.29) is 0 Å². The predicted molar refractivity (Wildman–Crippen MR) is 55.2 cm³/mol. The second-order valence-electron chi connectivity index (χ2n) is 2.86. The van der Waals surface area contributed by atoms with Gasteiger partial charge in [0.05, 0.1) is 0 Å². The van der Waals surface area contributed by atoms with Crippen LogP contribution in [0.15, 0.2) is 22.7 Å². The molecule has 72 valence electrons. The fourth-order valence-electron chi connectivity index (χ4n) is 1.18. The summed E-state index contributed by atoms with van der Waals surface area (Å²) < 4.78 is 5.02. The molecule has 0 amide bonds. The van der Waals surface area contributed by atoms with Gasteiger partial charge < -0.3 is 4.52 Å². The third-order valence-corrected chi connectivity index (χ3v) is 1.81. The van der Waals surface area contributed by atoms with Crippen LogP contribution in [0.2, 0.25) is 0 Å². The first-order chi connectivity index (χ1) is 6.69. The number of nitrogens with zero attached hydrogens (tertiary/aromatic N) is 1. The maximum absolute atomic E-state index is 5.02. The summed E-state index contributed by atoms with van der Waals surface area (Å²) in [5.41, 5.74) is 2.18. The Morgan fingerprint density at radius 2 is 1.93 bits per heavy atom. The summed E-state index contributed by atoms with van der Waals surface area (Å²) in [6, 6.07) is 6.09. The Hall–Kier alpha value is 0.205. The molecule has 0 bridgehead atoms. The Balaban J connectivity index is 0.000000293. The third kappa shape index (κ3) is 3.11. The molecule has 2 nitrogen and oxygen atoms in total. The van der Waals surface area contributed by atoms with E-state index in [9.17, 15) is 0 Å². The topological polar surface area (TPSA) is 26.0 Å². The molecule has 5 heteroatoms. The second kappa shape index (κ2) is 5.94. The summed E-state index contributed by atoms with van der Waals surface area (Å²) in [5, 5.41) is 5.00. The second-order valence-corrected chi connectivity index (χ2v) is 10.7. The van der Waals surface area contributed by atoms with Crippen LogP contribution in [0.25, 0.3) is 10.9 Å². The summed E-state index contributed by atoms with van der Waals surface area (Å²) in [7, 11) is 9.97. The van der Waals surface area contributed by atoms with E-state index in [2.05, 4.69) is 18.1 Å². The van der Waals surface area contributed by atoms with Gasteiger partial charge in [0, 0.05) is 5.39 Å². The number of hydrogen-bond donors (Lipinski definition) is 0.